The minimum Gasteiger partial charge on any atom is -0.320 e. The van der Waals surface area contributed by atoms with Crippen molar-refractivity contribution in [1.29, 1.82) is 0 Å². The minimum absolute atomic E-state index is 0.251. The van der Waals surface area contributed by atoms with Crippen molar-refractivity contribution in [2.24, 2.45) is 0 Å². The SMILES string of the molecule is CC(C)(C)N1Cc2nccn2C1. The molecule has 0 fully saturated rings. The van der Waals surface area contributed by atoms with Gasteiger partial charge in [-0.1, -0.05) is 0 Å². The molecular formula is C9H15N3. The minimum atomic E-state index is 0.251. The molecule has 2 heterocycles. The van der Waals surface area contributed by atoms with Crippen LogP contribution in [0, 0.1) is 0 Å². The lowest BCUT2D eigenvalue weighted by atomic mass is 10.1. The fraction of sp³-hybridized carbons (Fsp3) is 0.667. The predicted molar refractivity (Wildman–Crippen MR) is 47.5 cm³/mol. The van der Waals surface area contributed by atoms with Crippen molar-refractivity contribution < 1.29 is 0 Å². The Morgan fingerprint density at radius 1 is 1.42 bits per heavy atom. The molecule has 66 valence electrons. The number of hydrogen-bond donors (Lipinski definition) is 0. The summed E-state index contributed by atoms with van der Waals surface area (Å²) in [7, 11) is 0. The van der Waals surface area contributed by atoms with Crippen LogP contribution in [0.5, 0.6) is 0 Å². The molecule has 0 saturated heterocycles. The van der Waals surface area contributed by atoms with E-state index in [0.717, 1.165) is 13.2 Å². The molecule has 0 aliphatic carbocycles. The van der Waals surface area contributed by atoms with Crippen LogP contribution in [-0.4, -0.2) is 20.0 Å². The molecule has 1 aromatic rings. The molecular weight excluding hydrogens is 150 g/mol. The topological polar surface area (TPSA) is 21.1 Å². The molecule has 1 aliphatic heterocycles. The van der Waals surface area contributed by atoms with Crippen molar-refractivity contribution in [3.63, 3.8) is 0 Å². The van der Waals surface area contributed by atoms with Crippen molar-refractivity contribution in [3.05, 3.63) is 18.2 Å². The Balaban J connectivity index is 2.18. The average Bonchev–Trinajstić information content (AvgIpc) is 2.37. The van der Waals surface area contributed by atoms with Crippen molar-refractivity contribution in [1.82, 2.24) is 14.5 Å². The first-order chi connectivity index (χ1) is 5.57. The lowest BCUT2D eigenvalue weighted by Crippen LogP contribution is -2.37. The molecule has 0 amide bonds. The summed E-state index contributed by atoms with van der Waals surface area (Å²) in [4.78, 5) is 6.69. The first-order valence-electron chi connectivity index (χ1n) is 4.32. The van der Waals surface area contributed by atoms with Crippen LogP contribution in [0.25, 0.3) is 0 Å². The quantitative estimate of drug-likeness (QED) is 0.580. The molecule has 0 saturated carbocycles. The smallest absolute Gasteiger partial charge is 0.124 e. The number of aromatic nitrogens is 2. The molecule has 0 spiro atoms. The fourth-order valence-electron chi connectivity index (χ4n) is 1.47. The van der Waals surface area contributed by atoms with E-state index in [4.69, 9.17) is 0 Å². The average molecular weight is 165 g/mol. The third-order valence-electron chi connectivity index (χ3n) is 2.41. The summed E-state index contributed by atoms with van der Waals surface area (Å²) in [5.74, 6) is 1.19. The summed E-state index contributed by atoms with van der Waals surface area (Å²) < 4.78 is 2.20. The maximum atomic E-state index is 4.28. The molecule has 1 aliphatic rings. The highest BCUT2D eigenvalue weighted by atomic mass is 15.4. The van der Waals surface area contributed by atoms with Gasteiger partial charge in [0.15, 0.2) is 0 Å². The fourth-order valence-corrected chi connectivity index (χ4v) is 1.47. The number of hydrogen-bond acceptors (Lipinski definition) is 2. The van der Waals surface area contributed by atoms with Gasteiger partial charge >= 0.3 is 0 Å². The van der Waals surface area contributed by atoms with E-state index in [2.05, 4.69) is 35.2 Å². The van der Waals surface area contributed by atoms with Crippen molar-refractivity contribution in [2.75, 3.05) is 0 Å². The highest BCUT2D eigenvalue weighted by Gasteiger charge is 2.27. The third-order valence-corrected chi connectivity index (χ3v) is 2.41. The summed E-state index contributed by atoms with van der Waals surface area (Å²) >= 11 is 0. The van der Waals surface area contributed by atoms with E-state index in [-0.39, 0.29) is 5.54 Å². The Bertz CT molecular complexity index is 262. The third kappa shape index (κ3) is 1.14. The van der Waals surface area contributed by atoms with E-state index in [1.165, 1.54) is 5.82 Å². The van der Waals surface area contributed by atoms with Gasteiger partial charge in [0.1, 0.15) is 5.82 Å². The van der Waals surface area contributed by atoms with Crippen molar-refractivity contribution in [3.8, 4) is 0 Å². The van der Waals surface area contributed by atoms with Gasteiger partial charge in [-0.15, -0.1) is 0 Å². The molecule has 2 rings (SSSR count). The zero-order chi connectivity index (χ0) is 8.77. The largest absolute Gasteiger partial charge is 0.320 e. The van der Waals surface area contributed by atoms with Crippen LogP contribution >= 0.6 is 0 Å². The van der Waals surface area contributed by atoms with Gasteiger partial charge in [0, 0.05) is 17.9 Å². The Morgan fingerprint density at radius 3 is 2.75 bits per heavy atom. The van der Waals surface area contributed by atoms with Gasteiger partial charge in [-0.25, -0.2) is 4.98 Å². The lowest BCUT2D eigenvalue weighted by Gasteiger charge is -2.30. The Morgan fingerprint density at radius 2 is 2.17 bits per heavy atom. The number of rotatable bonds is 0. The maximum Gasteiger partial charge on any atom is 0.124 e. The molecule has 0 aromatic carbocycles. The molecule has 0 bridgehead atoms. The Hall–Kier alpha value is -0.830. The standard InChI is InChI=1S/C9H15N3/c1-9(2,3)12-6-8-10-4-5-11(8)7-12/h4-5H,6-7H2,1-3H3. The van der Waals surface area contributed by atoms with Gasteiger partial charge < -0.3 is 4.57 Å². The van der Waals surface area contributed by atoms with Crippen LogP contribution in [0.1, 0.15) is 26.6 Å². The van der Waals surface area contributed by atoms with E-state index in [1.54, 1.807) is 0 Å². The second-order valence-corrected chi connectivity index (χ2v) is 4.32. The van der Waals surface area contributed by atoms with Gasteiger partial charge in [0.05, 0.1) is 13.2 Å². The zero-order valence-electron chi connectivity index (χ0n) is 7.91. The predicted octanol–water partition coefficient (Wildman–Crippen LogP) is 1.45. The molecule has 3 nitrogen and oxygen atoms in total. The van der Waals surface area contributed by atoms with Gasteiger partial charge in [-0.3, -0.25) is 4.90 Å². The van der Waals surface area contributed by atoms with Crippen molar-refractivity contribution in [2.45, 2.75) is 39.5 Å². The van der Waals surface area contributed by atoms with Gasteiger partial charge in [0.2, 0.25) is 0 Å². The Labute approximate surface area is 73.0 Å². The molecule has 1 aromatic heterocycles. The summed E-state index contributed by atoms with van der Waals surface area (Å²) in [5.41, 5.74) is 0.251. The van der Waals surface area contributed by atoms with Crippen LogP contribution in [0.15, 0.2) is 12.4 Å². The van der Waals surface area contributed by atoms with Gasteiger partial charge in [0.25, 0.3) is 0 Å². The highest BCUT2D eigenvalue weighted by Crippen LogP contribution is 2.22. The number of nitrogens with zero attached hydrogens (tertiary/aromatic N) is 3. The highest BCUT2D eigenvalue weighted by molar-refractivity contribution is 4.98. The van der Waals surface area contributed by atoms with Gasteiger partial charge in [-0.05, 0) is 20.8 Å². The molecule has 0 N–H and O–H groups in total. The van der Waals surface area contributed by atoms with E-state index in [1.807, 2.05) is 12.4 Å². The Kier molecular flexibility index (Phi) is 1.51. The van der Waals surface area contributed by atoms with E-state index in [9.17, 15) is 0 Å². The van der Waals surface area contributed by atoms with Crippen LogP contribution < -0.4 is 0 Å². The zero-order valence-corrected chi connectivity index (χ0v) is 7.91. The second kappa shape index (κ2) is 2.33. The van der Waals surface area contributed by atoms with Gasteiger partial charge in [-0.2, -0.15) is 0 Å². The van der Waals surface area contributed by atoms with Crippen LogP contribution in [-0.2, 0) is 13.2 Å². The molecule has 12 heavy (non-hydrogen) atoms. The first-order valence-corrected chi connectivity index (χ1v) is 4.32. The molecule has 0 unspecified atom stereocenters. The number of imidazole rings is 1. The molecule has 0 radical (unpaired) electrons. The van der Waals surface area contributed by atoms with E-state index in [0.29, 0.717) is 0 Å². The normalized spacial score (nSPS) is 18.2. The van der Waals surface area contributed by atoms with E-state index >= 15 is 0 Å². The number of fused-ring (bicyclic) bond motifs is 1. The van der Waals surface area contributed by atoms with Crippen molar-refractivity contribution >= 4 is 0 Å². The summed E-state index contributed by atoms with van der Waals surface area (Å²) in [5, 5.41) is 0. The second-order valence-electron chi connectivity index (χ2n) is 4.32. The molecule has 0 atom stereocenters. The maximum absolute atomic E-state index is 4.28. The van der Waals surface area contributed by atoms with E-state index < -0.39 is 0 Å². The summed E-state index contributed by atoms with van der Waals surface area (Å²) in [6, 6.07) is 0. The lowest BCUT2D eigenvalue weighted by molar-refractivity contribution is 0.119. The van der Waals surface area contributed by atoms with Crippen LogP contribution in [0.4, 0.5) is 0 Å². The molecule has 3 heteroatoms. The monoisotopic (exact) mass is 165 g/mol. The first kappa shape index (κ1) is 7.80. The van der Waals surface area contributed by atoms with Crippen LogP contribution in [0.2, 0.25) is 0 Å². The summed E-state index contributed by atoms with van der Waals surface area (Å²) in [6.07, 6.45) is 3.91. The summed E-state index contributed by atoms with van der Waals surface area (Å²) in [6.45, 7) is 8.67. The van der Waals surface area contributed by atoms with Crippen LogP contribution in [0.3, 0.4) is 0 Å².